The SMILES string of the molecule is CCCCCCCCCCCCCCCC(=O)OCC[N+](C)(C)Cc1cccc2ccccc12. The monoisotopic (exact) mass is 468 g/mol. The maximum Gasteiger partial charge on any atom is 0.305 e. The van der Waals surface area contributed by atoms with Crippen molar-refractivity contribution in [3.63, 3.8) is 0 Å². The van der Waals surface area contributed by atoms with E-state index in [0.29, 0.717) is 13.0 Å². The van der Waals surface area contributed by atoms with Crippen LogP contribution >= 0.6 is 0 Å². The van der Waals surface area contributed by atoms with E-state index in [0.717, 1.165) is 30.4 Å². The third-order valence-corrected chi connectivity index (χ3v) is 6.92. The van der Waals surface area contributed by atoms with Crippen LogP contribution < -0.4 is 0 Å². The fraction of sp³-hybridized carbons (Fsp3) is 0.645. The summed E-state index contributed by atoms with van der Waals surface area (Å²) < 4.78 is 6.36. The molecule has 0 radical (unpaired) electrons. The highest BCUT2D eigenvalue weighted by molar-refractivity contribution is 5.85. The topological polar surface area (TPSA) is 26.3 Å². The lowest BCUT2D eigenvalue weighted by Crippen LogP contribution is -2.41. The summed E-state index contributed by atoms with van der Waals surface area (Å²) in [5.74, 6) is -0.0340. The number of hydrogen-bond acceptors (Lipinski definition) is 2. The summed E-state index contributed by atoms with van der Waals surface area (Å²) in [6, 6.07) is 15.1. The Bertz CT molecular complexity index is 809. The van der Waals surface area contributed by atoms with E-state index in [4.69, 9.17) is 4.74 Å². The lowest BCUT2D eigenvalue weighted by molar-refractivity contribution is -0.903. The molecule has 0 aliphatic heterocycles. The van der Waals surface area contributed by atoms with Gasteiger partial charge in [-0.25, -0.2) is 0 Å². The number of rotatable bonds is 19. The summed E-state index contributed by atoms with van der Waals surface area (Å²) in [5.41, 5.74) is 1.35. The average molecular weight is 469 g/mol. The number of ether oxygens (including phenoxy) is 1. The molecule has 0 aliphatic rings. The van der Waals surface area contributed by atoms with Crippen molar-refractivity contribution in [3.05, 3.63) is 48.0 Å². The molecule has 0 N–H and O–H groups in total. The van der Waals surface area contributed by atoms with Crippen LogP contribution in [0, 0.1) is 0 Å². The molecule has 0 aromatic heterocycles. The molecule has 0 saturated carbocycles. The Balaban J connectivity index is 1.48. The molecular formula is C31H50NO2+. The fourth-order valence-corrected chi connectivity index (χ4v) is 4.74. The Labute approximate surface area is 209 Å². The molecule has 34 heavy (non-hydrogen) atoms. The minimum Gasteiger partial charge on any atom is -0.460 e. The number of unbranched alkanes of at least 4 members (excludes halogenated alkanes) is 12. The van der Waals surface area contributed by atoms with E-state index >= 15 is 0 Å². The number of likely N-dealkylation sites (N-methyl/N-ethyl adjacent to an activating group) is 1. The smallest absolute Gasteiger partial charge is 0.305 e. The van der Waals surface area contributed by atoms with Gasteiger partial charge in [0.2, 0.25) is 0 Å². The normalized spacial score (nSPS) is 11.7. The Kier molecular flexibility index (Phi) is 13.9. The van der Waals surface area contributed by atoms with Gasteiger partial charge in [0.25, 0.3) is 0 Å². The van der Waals surface area contributed by atoms with E-state index in [1.807, 2.05) is 0 Å². The zero-order valence-corrected chi connectivity index (χ0v) is 22.3. The van der Waals surface area contributed by atoms with E-state index < -0.39 is 0 Å². The van der Waals surface area contributed by atoms with E-state index in [1.165, 1.54) is 87.0 Å². The van der Waals surface area contributed by atoms with Crippen LogP contribution in [0.15, 0.2) is 42.5 Å². The molecular weight excluding hydrogens is 418 g/mol. The highest BCUT2D eigenvalue weighted by atomic mass is 16.5. The van der Waals surface area contributed by atoms with Crippen molar-refractivity contribution >= 4 is 16.7 Å². The first-order chi connectivity index (χ1) is 16.5. The van der Waals surface area contributed by atoms with Crippen LogP contribution in [-0.2, 0) is 16.1 Å². The number of hydrogen-bond donors (Lipinski definition) is 0. The molecule has 0 spiro atoms. The fourth-order valence-electron chi connectivity index (χ4n) is 4.74. The van der Waals surface area contributed by atoms with Crippen LogP contribution in [-0.4, -0.2) is 37.7 Å². The zero-order valence-electron chi connectivity index (χ0n) is 22.3. The second-order valence-electron chi connectivity index (χ2n) is 10.7. The Morgan fingerprint density at radius 1 is 0.735 bits per heavy atom. The quantitative estimate of drug-likeness (QED) is 0.117. The van der Waals surface area contributed by atoms with Gasteiger partial charge in [-0.15, -0.1) is 0 Å². The molecule has 3 nitrogen and oxygen atoms in total. The van der Waals surface area contributed by atoms with Crippen LogP contribution in [0.1, 0.15) is 102 Å². The molecule has 2 aromatic rings. The first-order valence-electron chi connectivity index (χ1n) is 14.0. The van der Waals surface area contributed by atoms with Gasteiger partial charge in [-0.3, -0.25) is 4.79 Å². The number of esters is 1. The molecule has 2 rings (SSSR count). The Morgan fingerprint density at radius 2 is 1.29 bits per heavy atom. The average Bonchev–Trinajstić information content (AvgIpc) is 2.82. The number of carbonyl (C=O) groups is 1. The molecule has 0 heterocycles. The largest absolute Gasteiger partial charge is 0.460 e. The van der Waals surface area contributed by atoms with Crippen molar-refractivity contribution in [2.45, 2.75) is 103 Å². The molecule has 0 saturated heterocycles. The van der Waals surface area contributed by atoms with E-state index in [1.54, 1.807) is 0 Å². The van der Waals surface area contributed by atoms with Gasteiger partial charge >= 0.3 is 5.97 Å². The first kappa shape index (κ1) is 28.4. The second-order valence-corrected chi connectivity index (χ2v) is 10.7. The molecule has 190 valence electrons. The van der Waals surface area contributed by atoms with Gasteiger partial charge in [-0.2, -0.15) is 0 Å². The third kappa shape index (κ3) is 12.0. The van der Waals surface area contributed by atoms with Crippen molar-refractivity contribution in [2.24, 2.45) is 0 Å². The van der Waals surface area contributed by atoms with Crippen LogP contribution in [0.3, 0.4) is 0 Å². The molecule has 2 aromatic carbocycles. The third-order valence-electron chi connectivity index (χ3n) is 6.92. The van der Waals surface area contributed by atoms with Gasteiger partial charge in [-0.1, -0.05) is 126 Å². The highest BCUT2D eigenvalue weighted by Gasteiger charge is 2.18. The van der Waals surface area contributed by atoms with E-state index in [9.17, 15) is 4.79 Å². The number of quaternary nitrogens is 1. The molecule has 0 aliphatic carbocycles. The molecule has 0 atom stereocenters. The molecule has 3 heteroatoms. The van der Waals surface area contributed by atoms with Crippen LogP contribution in [0.25, 0.3) is 10.8 Å². The van der Waals surface area contributed by atoms with Crippen LogP contribution in [0.4, 0.5) is 0 Å². The highest BCUT2D eigenvalue weighted by Crippen LogP contribution is 2.21. The summed E-state index contributed by atoms with van der Waals surface area (Å²) in [6.45, 7) is 4.53. The summed E-state index contributed by atoms with van der Waals surface area (Å²) in [5, 5.41) is 2.60. The Morgan fingerprint density at radius 3 is 1.94 bits per heavy atom. The standard InChI is InChI=1S/C31H50NO2/c1-4-5-6-7-8-9-10-11-12-13-14-15-16-24-31(33)34-26-25-32(2,3)27-29-22-19-21-28-20-17-18-23-30(28)29/h17-23H,4-16,24-27H2,1-3H3/q+1. The first-order valence-corrected chi connectivity index (χ1v) is 14.0. The van der Waals surface area contributed by atoms with Gasteiger partial charge in [0.15, 0.2) is 0 Å². The van der Waals surface area contributed by atoms with Gasteiger partial charge in [0, 0.05) is 12.0 Å². The number of nitrogens with zero attached hydrogens (tertiary/aromatic N) is 1. The summed E-state index contributed by atoms with van der Waals surface area (Å²) in [7, 11) is 4.42. The van der Waals surface area contributed by atoms with Gasteiger partial charge in [0.05, 0.1) is 14.1 Å². The molecule has 0 amide bonds. The van der Waals surface area contributed by atoms with Crippen molar-refractivity contribution in [1.82, 2.24) is 0 Å². The maximum absolute atomic E-state index is 12.1. The minimum absolute atomic E-state index is 0.0340. The van der Waals surface area contributed by atoms with Crippen LogP contribution in [0.5, 0.6) is 0 Å². The minimum atomic E-state index is -0.0340. The molecule has 0 unspecified atom stereocenters. The second kappa shape index (κ2) is 16.7. The number of fused-ring (bicyclic) bond motifs is 1. The molecule has 0 fully saturated rings. The van der Waals surface area contributed by atoms with Crippen molar-refractivity contribution in [1.29, 1.82) is 0 Å². The van der Waals surface area contributed by atoms with Crippen LogP contribution in [0.2, 0.25) is 0 Å². The van der Waals surface area contributed by atoms with E-state index in [2.05, 4.69) is 63.5 Å². The van der Waals surface area contributed by atoms with Gasteiger partial charge in [0.1, 0.15) is 19.7 Å². The maximum atomic E-state index is 12.1. The zero-order chi connectivity index (χ0) is 24.5. The van der Waals surface area contributed by atoms with Crippen molar-refractivity contribution in [3.8, 4) is 0 Å². The summed E-state index contributed by atoms with van der Waals surface area (Å²) in [4.78, 5) is 12.1. The van der Waals surface area contributed by atoms with Crippen molar-refractivity contribution < 1.29 is 14.0 Å². The Hall–Kier alpha value is -1.87. The lowest BCUT2D eigenvalue weighted by Gasteiger charge is -2.30. The predicted molar refractivity (Wildman–Crippen MR) is 146 cm³/mol. The number of benzene rings is 2. The van der Waals surface area contributed by atoms with Gasteiger partial charge < -0.3 is 9.22 Å². The van der Waals surface area contributed by atoms with Crippen molar-refractivity contribution in [2.75, 3.05) is 27.2 Å². The molecule has 0 bridgehead atoms. The predicted octanol–water partition coefficient (Wildman–Crippen LogP) is 8.44. The summed E-state index contributed by atoms with van der Waals surface area (Å²) >= 11 is 0. The number of carbonyl (C=O) groups excluding carboxylic acids is 1. The lowest BCUT2D eigenvalue weighted by atomic mass is 10.0. The van der Waals surface area contributed by atoms with E-state index in [-0.39, 0.29) is 5.97 Å². The van der Waals surface area contributed by atoms with Gasteiger partial charge in [-0.05, 0) is 17.2 Å². The summed E-state index contributed by atoms with van der Waals surface area (Å²) in [6.07, 6.45) is 17.8.